The van der Waals surface area contributed by atoms with Crippen molar-refractivity contribution in [2.45, 2.75) is 6.54 Å². The van der Waals surface area contributed by atoms with E-state index in [0.717, 1.165) is 16.9 Å². The average Bonchev–Trinajstić information content (AvgIpc) is 3.00. The summed E-state index contributed by atoms with van der Waals surface area (Å²) in [4.78, 5) is 8.05. The maximum Gasteiger partial charge on any atom is 0.138 e. The van der Waals surface area contributed by atoms with Gasteiger partial charge in [-0.25, -0.2) is 9.67 Å². The number of halogens is 1. The average molecular weight is 286 g/mol. The molecular formula is C14H12ClN5. The first-order chi connectivity index (χ1) is 9.83. The van der Waals surface area contributed by atoms with Crippen LogP contribution < -0.4 is 5.32 Å². The lowest BCUT2D eigenvalue weighted by molar-refractivity contribution is 0.877. The van der Waals surface area contributed by atoms with Gasteiger partial charge in [-0.3, -0.25) is 4.98 Å². The zero-order valence-electron chi connectivity index (χ0n) is 10.6. The van der Waals surface area contributed by atoms with E-state index in [-0.39, 0.29) is 0 Å². The van der Waals surface area contributed by atoms with Crippen LogP contribution in [0.15, 0.2) is 55.4 Å². The third kappa shape index (κ3) is 2.78. The van der Waals surface area contributed by atoms with Crippen LogP contribution in [0.3, 0.4) is 0 Å². The van der Waals surface area contributed by atoms with Crippen LogP contribution in [0.4, 0.5) is 5.69 Å². The molecule has 3 rings (SSSR count). The summed E-state index contributed by atoms with van der Waals surface area (Å²) in [5, 5.41) is 8.16. The molecule has 0 aliphatic carbocycles. The standard InChI is InChI=1S/C14H12ClN5/c15-12-3-4-14(20-10-17-9-19-20)13(6-12)18-8-11-2-1-5-16-7-11/h1-7,9-10,18H,8H2. The largest absolute Gasteiger partial charge is 0.379 e. The Morgan fingerprint density at radius 1 is 1.20 bits per heavy atom. The summed E-state index contributed by atoms with van der Waals surface area (Å²) in [5.41, 5.74) is 2.89. The molecule has 0 aliphatic heterocycles. The van der Waals surface area contributed by atoms with Gasteiger partial charge < -0.3 is 5.32 Å². The molecule has 2 heterocycles. The van der Waals surface area contributed by atoms with Crippen LogP contribution in [-0.2, 0) is 6.54 Å². The number of anilines is 1. The Balaban J connectivity index is 1.87. The van der Waals surface area contributed by atoms with E-state index in [9.17, 15) is 0 Å². The van der Waals surface area contributed by atoms with Crippen molar-refractivity contribution in [3.63, 3.8) is 0 Å². The highest BCUT2D eigenvalue weighted by Crippen LogP contribution is 2.24. The summed E-state index contributed by atoms with van der Waals surface area (Å²) < 4.78 is 1.70. The quantitative estimate of drug-likeness (QED) is 0.801. The Morgan fingerprint density at radius 3 is 2.90 bits per heavy atom. The SMILES string of the molecule is Clc1ccc(-n2cncn2)c(NCc2cccnc2)c1. The Labute approximate surface area is 121 Å². The first-order valence-electron chi connectivity index (χ1n) is 6.10. The zero-order chi connectivity index (χ0) is 13.8. The van der Waals surface area contributed by atoms with Gasteiger partial charge in [0, 0.05) is 24.0 Å². The van der Waals surface area contributed by atoms with Gasteiger partial charge in [-0.2, -0.15) is 5.10 Å². The molecule has 0 fully saturated rings. The second kappa shape index (κ2) is 5.71. The van der Waals surface area contributed by atoms with E-state index in [2.05, 4.69) is 20.4 Å². The normalized spacial score (nSPS) is 10.4. The molecule has 2 aromatic heterocycles. The minimum Gasteiger partial charge on any atom is -0.379 e. The molecule has 5 nitrogen and oxygen atoms in total. The molecule has 0 bridgehead atoms. The van der Waals surface area contributed by atoms with Gasteiger partial charge in [-0.1, -0.05) is 17.7 Å². The van der Waals surface area contributed by atoms with Crippen LogP contribution in [0.1, 0.15) is 5.56 Å². The second-order valence-electron chi connectivity index (χ2n) is 4.22. The molecule has 1 N–H and O–H groups in total. The van der Waals surface area contributed by atoms with Crippen molar-refractivity contribution in [3.05, 3.63) is 66.0 Å². The first-order valence-corrected chi connectivity index (χ1v) is 6.48. The fourth-order valence-electron chi connectivity index (χ4n) is 1.88. The molecule has 0 unspecified atom stereocenters. The highest BCUT2D eigenvalue weighted by Gasteiger charge is 2.06. The van der Waals surface area contributed by atoms with Gasteiger partial charge in [0.05, 0.1) is 11.4 Å². The first kappa shape index (κ1) is 12.6. The summed E-state index contributed by atoms with van der Waals surface area (Å²) in [6, 6.07) is 9.53. The summed E-state index contributed by atoms with van der Waals surface area (Å²) in [5.74, 6) is 0. The van der Waals surface area contributed by atoms with Gasteiger partial charge in [0.15, 0.2) is 0 Å². The second-order valence-corrected chi connectivity index (χ2v) is 4.65. The number of hydrogen-bond donors (Lipinski definition) is 1. The third-order valence-electron chi connectivity index (χ3n) is 2.83. The van der Waals surface area contributed by atoms with Crippen molar-refractivity contribution < 1.29 is 0 Å². The van der Waals surface area contributed by atoms with Crippen molar-refractivity contribution in [2.24, 2.45) is 0 Å². The molecule has 0 saturated carbocycles. The summed E-state index contributed by atoms with van der Waals surface area (Å²) in [7, 11) is 0. The van der Waals surface area contributed by atoms with Crippen LogP contribution in [-0.4, -0.2) is 19.7 Å². The lowest BCUT2D eigenvalue weighted by atomic mass is 10.2. The van der Waals surface area contributed by atoms with E-state index in [1.54, 1.807) is 17.2 Å². The Kier molecular flexibility index (Phi) is 3.60. The smallest absolute Gasteiger partial charge is 0.138 e. The van der Waals surface area contributed by atoms with Crippen molar-refractivity contribution >= 4 is 17.3 Å². The minimum atomic E-state index is 0.663. The van der Waals surface area contributed by atoms with Crippen LogP contribution in [0.25, 0.3) is 5.69 Å². The molecule has 0 atom stereocenters. The molecule has 1 aromatic carbocycles. The highest BCUT2D eigenvalue weighted by molar-refractivity contribution is 6.31. The van der Waals surface area contributed by atoms with E-state index in [1.165, 1.54) is 6.33 Å². The van der Waals surface area contributed by atoms with E-state index >= 15 is 0 Å². The maximum atomic E-state index is 6.06. The zero-order valence-corrected chi connectivity index (χ0v) is 11.3. The minimum absolute atomic E-state index is 0.663. The van der Waals surface area contributed by atoms with Crippen LogP contribution in [0.2, 0.25) is 5.02 Å². The number of hydrogen-bond acceptors (Lipinski definition) is 4. The third-order valence-corrected chi connectivity index (χ3v) is 3.07. The Bertz CT molecular complexity index is 682. The fourth-order valence-corrected chi connectivity index (χ4v) is 2.05. The molecule has 0 aliphatic rings. The lowest BCUT2D eigenvalue weighted by Crippen LogP contribution is -2.05. The molecular weight excluding hydrogens is 274 g/mol. The van der Waals surface area contributed by atoms with Crippen molar-refractivity contribution in [1.29, 1.82) is 0 Å². The molecule has 0 saturated heterocycles. The topological polar surface area (TPSA) is 55.6 Å². The number of benzene rings is 1. The van der Waals surface area contributed by atoms with Gasteiger partial charge in [0.1, 0.15) is 12.7 Å². The number of aromatic nitrogens is 4. The van der Waals surface area contributed by atoms with Gasteiger partial charge in [-0.15, -0.1) is 0 Å². The van der Waals surface area contributed by atoms with Gasteiger partial charge in [0.25, 0.3) is 0 Å². The maximum absolute atomic E-state index is 6.06. The van der Waals surface area contributed by atoms with E-state index in [0.29, 0.717) is 11.6 Å². The van der Waals surface area contributed by atoms with Crippen LogP contribution in [0.5, 0.6) is 0 Å². The fraction of sp³-hybridized carbons (Fsp3) is 0.0714. The predicted octanol–water partition coefficient (Wildman–Crippen LogP) is 2.93. The van der Waals surface area contributed by atoms with Gasteiger partial charge >= 0.3 is 0 Å². The molecule has 100 valence electrons. The number of nitrogens with one attached hydrogen (secondary N) is 1. The summed E-state index contributed by atoms with van der Waals surface area (Å²) >= 11 is 6.06. The Morgan fingerprint density at radius 2 is 2.15 bits per heavy atom. The summed E-state index contributed by atoms with van der Waals surface area (Å²) in [6.45, 7) is 0.663. The molecule has 0 amide bonds. The Hall–Kier alpha value is -2.40. The predicted molar refractivity (Wildman–Crippen MR) is 77.9 cm³/mol. The van der Waals surface area contributed by atoms with E-state index < -0.39 is 0 Å². The van der Waals surface area contributed by atoms with Crippen LogP contribution >= 0.6 is 11.6 Å². The molecule has 6 heteroatoms. The van der Waals surface area contributed by atoms with Crippen molar-refractivity contribution in [2.75, 3.05) is 5.32 Å². The number of nitrogens with zero attached hydrogens (tertiary/aromatic N) is 4. The van der Waals surface area contributed by atoms with Crippen LogP contribution in [0, 0.1) is 0 Å². The number of pyridine rings is 1. The molecule has 3 aromatic rings. The molecule has 0 radical (unpaired) electrons. The van der Waals surface area contributed by atoms with Crippen molar-refractivity contribution in [1.82, 2.24) is 19.7 Å². The lowest BCUT2D eigenvalue weighted by Gasteiger charge is -2.12. The molecule has 20 heavy (non-hydrogen) atoms. The summed E-state index contributed by atoms with van der Waals surface area (Å²) in [6.07, 6.45) is 6.73. The van der Waals surface area contributed by atoms with Crippen molar-refractivity contribution in [3.8, 4) is 5.69 Å². The van der Waals surface area contributed by atoms with Gasteiger partial charge in [-0.05, 0) is 29.8 Å². The monoisotopic (exact) mass is 285 g/mol. The number of rotatable bonds is 4. The van der Waals surface area contributed by atoms with Gasteiger partial charge in [0.2, 0.25) is 0 Å². The molecule has 0 spiro atoms. The van der Waals surface area contributed by atoms with E-state index in [4.69, 9.17) is 11.6 Å². The van der Waals surface area contributed by atoms with E-state index in [1.807, 2.05) is 36.5 Å². The highest BCUT2D eigenvalue weighted by atomic mass is 35.5.